The number of thiazole rings is 1. The third kappa shape index (κ3) is 2.76. The number of carbonyl (C=O) groups is 1. The lowest BCUT2D eigenvalue weighted by atomic mass is 10.3. The van der Waals surface area contributed by atoms with Gasteiger partial charge in [0.25, 0.3) is 0 Å². The summed E-state index contributed by atoms with van der Waals surface area (Å²) in [7, 11) is 0. The maximum atomic E-state index is 10.2. The van der Waals surface area contributed by atoms with Crippen LogP contribution >= 0.6 is 11.3 Å². The normalized spacial score (nSPS) is 16.7. The van der Waals surface area contributed by atoms with E-state index < -0.39 is 0 Å². The summed E-state index contributed by atoms with van der Waals surface area (Å²) in [5.74, 6) is 0. The zero-order chi connectivity index (χ0) is 10.5. The van der Waals surface area contributed by atoms with Crippen molar-refractivity contribution in [3.8, 4) is 0 Å². The Kier molecular flexibility index (Phi) is 3.69. The van der Waals surface area contributed by atoms with Crippen LogP contribution in [0.1, 0.15) is 11.3 Å². The fourth-order valence-electron chi connectivity index (χ4n) is 1.51. The van der Waals surface area contributed by atoms with Crippen LogP contribution in [0.25, 0.3) is 0 Å². The molecule has 0 saturated carbocycles. The molecule has 1 aliphatic rings. The summed E-state index contributed by atoms with van der Waals surface area (Å²) in [5, 5.41) is 1.05. The Morgan fingerprint density at radius 2 is 2.33 bits per heavy atom. The van der Waals surface area contributed by atoms with E-state index in [0.717, 1.165) is 44.1 Å². The number of ether oxygens (including phenoxy) is 1. The number of anilines is 1. The molecule has 1 aromatic heterocycles. The molecule has 0 unspecified atom stereocenters. The molecule has 1 aliphatic heterocycles. The molecule has 82 valence electrons. The first kappa shape index (κ1) is 10.6. The molecule has 2 heterocycles. The minimum Gasteiger partial charge on any atom is -0.378 e. The molecule has 0 aliphatic carbocycles. The van der Waals surface area contributed by atoms with Crippen molar-refractivity contribution < 1.29 is 9.53 Å². The van der Waals surface area contributed by atoms with Crippen molar-refractivity contribution in [2.45, 2.75) is 12.8 Å². The van der Waals surface area contributed by atoms with Gasteiger partial charge in [-0.2, -0.15) is 0 Å². The maximum Gasteiger partial charge on any atom is 0.185 e. The average Bonchev–Trinajstić information content (AvgIpc) is 2.76. The van der Waals surface area contributed by atoms with Crippen molar-refractivity contribution in [1.29, 1.82) is 0 Å². The number of aromatic nitrogens is 1. The highest BCUT2D eigenvalue weighted by molar-refractivity contribution is 7.15. The first-order valence-corrected chi connectivity index (χ1v) is 5.93. The molecule has 0 aromatic carbocycles. The van der Waals surface area contributed by atoms with Crippen LogP contribution in [0, 0.1) is 0 Å². The summed E-state index contributed by atoms with van der Waals surface area (Å²) in [6.45, 7) is 3.40. The highest BCUT2D eigenvalue weighted by atomic mass is 32.1. The molecule has 0 radical (unpaired) electrons. The lowest BCUT2D eigenvalue weighted by Crippen LogP contribution is -2.36. The molecule has 15 heavy (non-hydrogen) atoms. The Balaban J connectivity index is 1.95. The Morgan fingerprint density at radius 3 is 3.07 bits per heavy atom. The van der Waals surface area contributed by atoms with E-state index in [4.69, 9.17) is 4.74 Å². The largest absolute Gasteiger partial charge is 0.378 e. The second-order valence-corrected chi connectivity index (χ2v) is 4.51. The highest BCUT2D eigenvalue weighted by Crippen LogP contribution is 2.23. The van der Waals surface area contributed by atoms with Crippen LogP contribution in [0.15, 0.2) is 6.20 Å². The van der Waals surface area contributed by atoms with Crippen molar-refractivity contribution >= 4 is 22.8 Å². The Labute approximate surface area is 92.9 Å². The summed E-state index contributed by atoms with van der Waals surface area (Å²) in [5.41, 5.74) is 0. The van der Waals surface area contributed by atoms with Crippen molar-refractivity contribution in [2.75, 3.05) is 31.2 Å². The third-order valence-electron chi connectivity index (χ3n) is 2.33. The van der Waals surface area contributed by atoms with E-state index in [2.05, 4.69) is 9.88 Å². The van der Waals surface area contributed by atoms with Crippen LogP contribution in [-0.4, -0.2) is 37.6 Å². The monoisotopic (exact) mass is 226 g/mol. The lowest BCUT2D eigenvalue weighted by molar-refractivity contribution is -0.107. The molecule has 0 atom stereocenters. The highest BCUT2D eigenvalue weighted by Gasteiger charge is 2.14. The molecular formula is C10H14N2O2S. The summed E-state index contributed by atoms with van der Waals surface area (Å²) in [6, 6.07) is 0. The summed E-state index contributed by atoms with van der Waals surface area (Å²) >= 11 is 1.68. The number of nitrogens with zero attached hydrogens (tertiary/aromatic N) is 2. The van der Waals surface area contributed by atoms with Crippen LogP contribution in [0.3, 0.4) is 0 Å². The first-order valence-electron chi connectivity index (χ1n) is 5.11. The van der Waals surface area contributed by atoms with Crippen molar-refractivity contribution in [1.82, 2.24) is 4.98 Å². The summed E-state index contributed by atoms with van der Waals surface area (Å²) in [6.07, 6.45) is 4.23. The molecule has 4 nitrogen and oxygen atoms in total. The van der Waals surface area contributed by atoms with Crippen LogP contribution in [0.2, 0.25) is 0 Å². The van der Waals surface area contributed by atoms with E-state index in [1.54, 1.807) is 11.3 Å². The molecule has 1 aromatic rings. The second kappa shape index (κ2) is 5.23. The van der Waals surface area contributed by atoms with Gasteiger partial charge in [-0.15, -0.1) is 11.3 Å². The van der Waals surface area contributed by atoms with Crippen LogP contribution in [-0.2, 0) is 16.0 Å². The van der Waals surface area contributed by atoms with Gasteiger partial charge >= 0.3 is 0 Å². The standard InChI is InChI=1S/C10H14N2O2S/c13-5-1-2-9-8-11-10(15-9)12-3-6-14-7-4-12/h5,8H,1-4,6-7H2. The van der Waals surface area contributed by atoms with E-state index in [1.165, 1.54) is 4.88 Å². The molecule has 0 bridgehead atoms. The van der Waals surface area contributed by atoms with Crippen molar-refractivity contribution in [3.05, 3.63) is 11.1 Å². The molecule has 0 amide bonds. The number of aldehydes is 1. The van der Waals surface area contributed by atoms with E-state index >= 15 is 0 Å². The average molecular weight is 226 g/mol. The number of morpholine rings is 1. The molecular weight excluding hydrogens is 212 g/mol. The zero-order valence-electron chi connectivity index (χ0n) is 8.52. The molecule has 1 fully saturated rings. The number of aryl methyl sites for hydroxylation is 1. The fraction of sp³-hybridized carbons (Fsp3) is 0.600. The zero-order valence-corrected chi connectivity index (χ0v) is 9.33. The van der Waals surface area contributed by atoms with Gasteiger partial charge in [0.15, 0.2) is 5.13 Å². The quantitative estimate of drug-likeness (QED) is 0.721. The molecule has 2 rings (SSSR count). The molecule has 1 saturated heterocycles. The number of carbonyl (C=O) groups excluding carboxylic acids is 1. The number of hydrogen-bond donors (Lipinski definition) is 0. The van der Waals surface area contributed by atoms with Crippen LogP contribution in [0.5, 0.6) is 0 Å². The van der Waals surface area contributed by atoms with Crippen molar-refractivity contribution in [2.24, 2.45) is 0 Å². The van der Waals surface area contributed by atoms with Gasteiger partial charge in [0.2, 0.25) is 0 Å². The van der Waals surface area contributed by atoms with Gasteiger partial charge in [0.05, 0.1) is 13.2 Å². The molecule has 0 spiro atoms. The minimum atomic E-state index is 0.588. The molecule has 0 N–H and O–H groups in total. The van der Waals surface area contributed by atoms with Gasteiger partial charge in [-0.25, -0.2) is 4.98 Å². The van der Waals surface area contributed by atoms with Crippen LogP contribution < -0.4 is 4.90 Å². The van der Waals surface area contributed by atoms with E-state index in [1.807, 2.05) is 6.20 Å². The SMILES string of the molecule is O=CCCc1cnc(N2CCOCC2)s1. The van der Waals surface area contributed by atoms with Gasteiger partial charge in [-0.1, -0.05) is 0 Å². The van der Waals surface area contributed by atoms with Gasteiger partial charge in [0, 0.05) is 30.6 Å². The van der Waals surface area contributed by atoms with Gasteiger partial charge in [-0.3, -0.25) is 0 Å². The van der Waals surface area contributed by atoms with Gasteiger partial charge in [-0.05, 0) is 6.42 Å². The van der Waals surface area contributed by atoms with Crippen molar-refractivity contribution in [3.63, 3.8) is 0 Å². The Hall–Kier alpha value is -0.940. The number of hydrogen-bond acceptors (Lipinski definition) is 5. The van der Waals surface area contributed by atoms with Crippen LogP contribution in [0.4, 0.5) is 5.13 Å². The van der Waals surface area contributed by atoms with E-state index in [-0.39, 0.29) is 0 Å². The maximum absolute atomic E-state index is 10.2. The van der Waals surface area contributed by atoms with E-state index in [0.29, 0.717) is 6.42 Å². The minimum absolute atomic E-state index is 0.588. The Bertz CT molecular complexity index is 321. The Morgan fingerprint density at radius 1 is 1.53 bits per heavy atom. The van der Waals surface area contributed by atoms with Gasteiger partial charge in [0.1, 0.15) is 6.29 Å². The third-order valence-corrected chi connectivity index (χ3v) is 3.45. The lowest BCUT2D eigenvalue weighted by Gasteiger charge is -2.25. The topological polar surface area (TPSA) is 42.4 Å². The smallest absolute Gasteiger partial charge is 0.185 e. The van der Waals surface area contributed by atoms with E-state index in [9.17, 15) is 4.79 Å². The second-order valence-electron chi connectivity index (χ2n) is 3.41. The van der Waals surface area contributed by atoms with Gasteiger partial charge < -0.3 is 14.4 Å². The molecule has 5 heteroatoms. The number of rotatable bonds is 4. The first-order chi connectivity index (χ1) is 7.40. The summed E-state index contributed by atoms with van der Waals surface area (Å²) < 4.78 is 5.28. The fourth-order valence-corrected chi connectivity index (χ4v) is 2.49. The summed E-state index contributed by atoms with van der Waals surface area (Å²) in [4.78, 5) is 18.0. The predicted octanol–water partition coefficient (Wildman–Crippen LogP) is 1.11. The predicted molar refractivity (Wildman–Crippen MR) is 59.5 cm³/mol.